The van der Waals surface area contributed by atoms with E-state index in [1.807, 2.05) is 0 Å². The molecule has 1 unspecified atom stereocenters. The van der Waals surface area contributed by atoms with Crippen LogP contribution in [0.1, 0.15) is 11.7 Å². The van der Waals surface area contributed by atoms with Crippen LogP contribution in [0.4, 0.5) is 19.4 Å². The van der Waals surface area contributed by atoms with Crippen molar-refractivity contribution >= 4 is 17.6 Å². The zero-order valence-corrected chi connectivity index (χ0v) is 18.2. The van der Waals surface area contributed by atoms with E-state index in [2.05, 4.69) is 25.1 Å². The minimum absolute atomic E-state index is 0.0463. The number of anilines is 1. The normalized spacial score (nSPS) is 15.7. The third kappa shape index (κ3) is 3.55. The molecule has 1 aromatic carbocycles. The van der Waals surface area contributed by atoms with E-state index < -0.39 is 23.8 Å². The van der Waals surface area contributed by atoms with Crippen LogP contribution in [0.3, 0.4) is 0 Å². The summed E-state index contributed by atoms with van der Waals surface area (Å²) in [6.07, 6.45) is 5.20. The van der Waals surface area contributed by atoms with Gasteiger partial charge in [-0.3, -0.25) is 9.67 Å². The van der Waals surface area contributed by atoms with E-state index in [1.165, 1.54) is 38.6 Å². The monoisotopic (exact) mass is 474 g/mol. The molecular weight excluding hydrogens is 458 g/mol. The fourth-order valence-corrected chi connectivity index (χ4v) is 4.00. The van der Waals surface area contributed by atoms with Crippen LogP contribution in [-0.4, -0.2) is 47.0 Å². The first-order valence-electron chi connectivity index (χ1n) is 10.6. The molecule has 1 aliphatic rings. The number of aromatic nitrogens is 7. The minimum atomic E-state index is -0.600. The van der Waals surface area contributed by atoms with Gasteiger partial charge in [0.05, 0.1) is 23.7 Å². The van der Waals surface area contributed by atoms with E-state index in [-0.39, 0.29) is 18.0 Å². The van der Waals surface area contributed by atoms with Gasteiger partial charge in [-0.1, -0.05) is 6.07 Å². The highest BCUT2D eigenvalue weighted by Gasteiger charge is 2.37. The van der Waals surface area contributed by atoms with E-state index in [0.29, 0.717) is 28.3 Å². The zero-order chi connectivity index (χ0) is 24.1. The fourth-order valence-electron chi connectivity index (χ4n) is 4.00. The fraction of sp³-hybridized carbons (Fsp3) is 0.130. The second kappa shape index (κ2) is 7.94. The Morgan fingerprint density at radius 2 is 1.94 bits per heavy atom. The average Bonchev–Trinajstić information content (AvgIpc) is 3.57. The standard InChI is InChI=1S/C23H16F2N8O2/c1-31-12-27-21(30-31)15-4-2-13(8-17(15)25)16-10-28-32-7-6-20(29-22(16)32)33-19(11-35-23(33)34)18-5-3-14(24)9-26-18/h2-10,12,19H,11H2,1H3. The maximum Gasteiger partial charge on any atom is 0.416 e. The van der Waals surface area contributed by atoms with E-state index >= 15 is 0 Å². The van der Waals surface area contributed by atoms with E-state index in [9.17, 15) is 13.6 Å². The van der Waals surface area contributed by atoms with Crippen molar-refractivity contribution in [1.82, 2.24) is 34.3 Å². The van der Waals surface area contributed by atoms with Crippen molar-refractivity contribution in [2.24, 2.45) is 7.05 Å². The first-order valence-corrected chi connectivity index (χ1v) is 10.6. The highest BCUT2D eigenvalue weighted by molar-refractivity contribution is 5.90. The maximum absolute atomic E-state index is 14.9. The smallest absolute Gasteiger partial charge is 0.416 e. The van der Waals surface area contributed by atoms with Crippen LogP contribution >= 0.6 is 0 Å². The Balaban J connectivity index is 1.39. The van der Waals surface area contributed by atoms with Gasteiger partial charge < -0.3 is 4.74 Å². The highest BCUT2D eigenvalue weighted by atomic mass is 19.1. The second-order valence-corrected chi connectivity index (χ2v) is 7.91. The largest absolute Gasteiger partial charge is 0.446 e. The Labute approximate surface area is 196 Å². The molecule has 0 N–H and O–H groups in total. The number of pyridine rings is 1. The summed E-state index contributed by atoms with van der Waals surface area (Å²) in [5.41, 5.74) is 2.26. The van der Waals surface area contributed by atoms with Gasteiger partial charge in [0.15, 0.2) is 11.5 Å². The summed E-state index contributed by atoms with van der Waals surface area (Å²) in [6.45, 7) is 0.0463. The number of ether oxygens (including phenoxy) is 1. The van der Waals surface area contributed by atoms with Gasteiger partial charge in [0.1, 0.15) is 36.4 Å². The number of carbonyl (C=O) groups excluding carboxylic acids is 1. The molecule has 5 aromatic rings. The molecule has 5 heterocycles. The number of fused-ring (bicyclic) bond motifs is 1. The molecule has 0 bridgehead atoms. The Kier molecular flexibility index (Phi) is 4.73. The Morgan fingerprint density at radius 3 is 2.69 bits per heavy atom. The number of cyclic esters (lactones) is 1. The number of nitrogens with zero attached hydrogens (tertiary/aromatic N) is 8. The van der Waals surface area contributed by atoms with Gasteiger partial charge >= 0.3 is 6.09 Å². The van der Waals surface area contributed by atoms with Crippen LogP contribution in [0, 0.1) is 11.6 Å². The molecule has 174 valence electrons. The molecule has 10 nitrogen and oxygen atoms in total. The van der Waals surface area contributed by atoms with Crippen LogP contribution in [0.2, 0.25) is 0 Å². The van der Waals surface area contributed by atoms with Crippen molar-refractivity contribution in [3.63, 3.8) is 0 Å². The number of benzene rings is 1. The third-order valence-electron chi connectivity index (χ3n) is 5.69. The Morgan fingerprint density at radius 1 is 1.06 bits per heavy atom. The number of hydrogen-bond acceptors (Lipinski definition) is 7. The molecule has 1 aliphatic heterocycles. The van der Waals surface area contributed by atoms with Crippen molar-refractivity contribution in [3.05, 3.63) is 78.6 Å². The summed E-state index contributed by atoms with van der Waals surface area (Å²) in [4.78, 5) is 26.7. The summed E-state index contributed by atoms with van der Waals surface area (Å²) in [5.74, 6) is -0.390. The van der Waals surface area contributed by atoms with Crippen LogP contribution in [0.5, 0.6) is 0 Å². The van der Waals surface area contributed by atoms with E-state index in [4.69, 9.17) is 4.74 Å². The lowest BCUT2D eigenvalue weighted by molar-refractivity contribution is 0.178. The molecule has 1 amide bonds. The lowest BCUT2D eigenvalue weighted by Crippen LogP contribution is -2.28. The van der Waals surface area contributed by atoms with Gasteiger partial charge in [0.25, 0.3) is 0 Å². The summed E-state index contributed by atoms with van der Waals surface area (Å²) in [7, 11) is 1.71. The number of rotatable bonds is 4. The van der Waals surface area contributed by atoms with Crippen LogP contribution in [0.25, 0.3) is 28.2 Å². The van der Waals surface area contributed by atoms with Crippen LogP contribution in [0.15, 0.2) is 61.3 Å². The summed E-state index contributed by atoms with van der Waals surface area (Å²) >= 11 is 0. The van der Waals surface area contributed by atoms with Crippen molar-refractivity contribution < 1.29 is 18.3 Å². The summed E-state index contributed by atoms with van der Waals surface area (Å²) < 4.78 is 36.5. The van der Waals surface area contributed by atoms with Crippen LogP contribution < -0.4 is 4.90 Å². The molecule has 1 saturated heterocycles. The molecule has 12 heteroatoms. The van der Waals surface area contributed by atoms with Crippen LogP contribution in [-0.2, 0) is 11.8 Å². The number of aryl methyl sites for hydroxylation is 1. The molecule has 35 heavy (non-hydrogen) atoms. The van der Waals surface area contributed by atoms with Gasteiger partial charge in [0.2, 0.25) is 0 Å². The van der Waals surface area contributed by atoms with Gasteiger partial charge in [-0.2, -0.15) is 10.2 Å². The molecule has 6 rings (SSSR count). The number of halogens is 2. The van der Waals surface area contributed by atoms with Crippen molar-refractivity contribution in [1.29, 1.82) is 0 Å². The van der Waals surface area contributed by atoms with Gasteiger partial charge in [-0.05, 0) is 35.9 Å². The molecule has 4 aromatic heterocycles. The lowest BCUT2D eigenvalue weighted by atomic mass is 10.1. The average molecular weight is 474 g/mol. The SMILES string of the molecule is Cn1cnc(-c2ccc(-c3cnn4ccc(N5C(=O)OCC5c5ccc(F)cn5)nc34)cc2F)n1. The van der Waals surface area contributed by atoms with Gasteiger partial charge in [0, 0.05) is 18.8 Å². The number of hydrogen-bond donors (Lipinski definition) is 0. The highest BCUT2D eigenvalue weighted by Crippen LogP contribution is 2.33. The first-order chi connectivity index (χ1) is 17.0. The lowest BCUT2D eigenvalue weighted by Gasteiger charge is -2.20. The maximum atomic E-state index is 14.9. The Hall–Kier alpha value is -4.74. The van der Waals surface area contributed by atoms with Crippen molar-refractivity contribution in [2.75, 3.05) is 11.5 Å². The molecular formula is C23H16F2N8O2. The first kappa shape index (κ1) is 20.8. The Bertz CT molecular complexity index is 1580. The second-order valence-electron chi connectivity index (χ2n) is 7.91. The van der Waals surface area contributed by atoms with Gasteiger partial charge in [-0.25, -0.2) is 33.0 Å². The predicted octanol–water partition coefficient (Wildman–Crippen LogP) is 3.56. The number of amides is 1. The number of carbonyl (C=O) groups is 1. The molecule has 1 atom stereocenters. The van der Waals surface area contributed by atoms with Gasteiger partial charge in [-0.15, -0.1) is 0 Å². The van der Waals surface area contributed by atoms with Crippen molar-refractivity contribution in [3.8, 4) is 22.5 Å². The topological polar surface area (TPSA) is 103 Å². The predicted molar refractivity (Wildman–Crippen MR) is 119 cm³/mol. The summed E-state index contributed by atoms with van der Waals surface area (Å²) in [5, 5.41) is 8.44. The molecule has 1 fully saturated rings. The van der Waals surface area contributed by atoms with E-state index in [1.54, 1.807) is 37.6 Å². The van der Waals surface area contributed by atoms with Crippen molar-refractivity contribution in [2.45, 2.75) is 6.04 Å². The quantitative estimate of drug-likeness (QED) is 0.392. The van der Waals surface area contributed by atoms with E-state index in [0.717, 1.165) is 6.20 Å². The zero-order valence-electron chi connectivity index (χ0n) is 18.2. The molecule has 0 saturated carbocycles. The molecule has 0 spiro atoms. The third-order valence-corrected chi connectivity index (χ3v) is 5.69. The molecule has 0 radical (unpaired) electrons. The molecule has 0 aliphatic carbocycles. The summed E-state index contributed by atoms with van der Waals surface area (Å²) in [6, 6.07) is 8.51. The minimum Gasteiger partial charge on any atom is -0.446 e.